The average molecular weight is 351 g/mol. The highest BCUT2D eigenvalue weighted by Gasteiger charge is 2.15. The standard InChI is InChI=1S/C17H16BrFO2/c18-13-3-4-14(15(19)10-13)16(20)5-1-11-2-6-17-12(9-11)7-8-21-17/h2-4,6,9-10,16,20H,1,5,7-8H2. The summed E-state index contributed by atoms with van der Waals surface area (Å²) in [5.74, 6) is 0.581. The van der Waals surface area contributed by atoms with Crippen LogP contribution in [0.25, 0.3) is 0 Å². The Morgan fingerprint density at radius 1 is 1.24 bits per heavy atom. The number of fused-ring (bicyclic) bond motifs is 1. The molecule has 0 aromatic heterocycles. The zero-order chi connectivity index (χ0) is 14.8. The Hall–Kier alpha value is -1.39. The van der Waals surface area contributed by atoms with E-state index in [0.29, 0.717) is 22.9 Å². The van der Waals surface area contributed by atoms with E-state index in [2.05, 4.69) is 22.0 Å². The third-order valence-electron chi connectivity index (χ3n) is 3.78. The number of rotatable bonds is 4. The van der Waals surface area contributed by atoms with Gasteiger partial charge in [0.15, 0.2) is 0 Å². The molecule has 2 aromatic carbocycles. The number of hydrogen-bond acceptors (Lipinski definition) is 2. The Balaban J connectivity index is 1.67. The number of aryl methyl sites for hydroxylation is 1. The fourth-order valence-electron chi connectivity index (χ4n) is 2.63. The molecule has 2 aromatic rings. The van der Waals surface area contributed by atoms with E-state index in [1.807, 2.05) is 12.1 Å². The van der Waals surface area contributed by atoms with E-state index in [0.717, 1.165) is 24.3 Å². The minimum absolute atomic E-state index is 0.350. The van der Waals surface area contributed by atoms with Crippen molar-refractivity contribution in [2.24, 2.45) is 0 Å². The largest absolute Gasteiger partial charge is 0.493 e. The van der Waals surface area contributed by atoms with Crippen LogP contribution >= 0.6 is 15.9 Å². The first-order valence-electron chi connectivity index (χ1n) is 7.01. The van der Waals surface area contributed by atoms with Crippen LogP contribution in [-0.2, 0) is 12.8 Å². The van der Waals surface area contributed by atoms with E-state index < -0.39 is 6.10 Å². The minimum atomic E-state index is -0.789. The highest BCUT2D eigenvalue weighted by atomic mass is 79.9. The van der Waals surface area contributed by atoms with Crippen LogP contribution in [0.1, 0.15) is 29.2 Å². The summed E-state index contributed by atoms with van der Waals surface area (Å²) >= 11 is 3.22. The van der Waals surface area contributed by atoms with Crippen molar-refractivity contribution in [3.05, 3.63) is 63.4 Å². The van der Waals surface area contributed by atoms with E-state index >= 15 is 0 Å². The molecule has 0 spiro atoms. The maximum Gasteiger partial charge on any atom is 0.130 e. The van der Waals surface area contributed by atoms with Crippen molar-refractivity contribution >= 4 is 15.9 Å². The van der Waals surface area contributed by atoms with E-state index in [9.17, 15) is 9.50 Å². The molecule has 2 nitrogen and oxygen atoms in total. The van der Waals surface area contributed by atoms with Gasteiger partial charge in [-0.2, -0.15) is 0 Å². The monoisotopic (exact) mass is 350 g/mol. The second kappa shape index (κ2) is 6.16. The molecule has 110 valence electrons. The molecule has 1 aliphatic heterocycles. The summed E-state index contributed by atoms with van der Waals surface area (Å²) in [7, 11) is 0. The molecule has 0 fully saturated rings. The van der Waals surface area contributed by atoms with Gasteiger partial charge in [-0.25, -0.2) is 4.39 Å². The van der Waals surface area contributed by atoms with E-state index in [1.54, 1.807) is 12.1 Å². The lowest BCUT2D eigenvalue weighted by molar-refractivity contribution is 0.163. The topological polar surface area (TPSA) is 29.5 Å². The highest BCUT2D eigenvalue weighted by Crippen LogP contribution is 2.28. The summed E-state index contributed by atoms with van der Waals surface area (Å²) in [6.45, 7) is 0.742. The molecule has 3 rings (SSSR count). The van der Waals surface area contributed by atoms with Gasteiger partial charge in [0.1, 0.15) is 11.6 Å². The summed E-state index contributed by atoms with van der Waals surface area (Å²) in [5.41, 5.74) is 2.72. The molecule has 1 N–H and O–H groups in total. The lowest BCUT2D eigenvalue weighted by atomic mass is 9.99. The van der Waals surface area contributed by atoms with Gasteiger partial charge in [0.25, 0.3) is 0 Å². The lowest BCUT2D eigenvalue weighted by Crippen LogP contribution is -2.02. The Bertz CT molecular complexity index is 657. The maximum atomic E-state index is 13.8. The molecule has 21 heavy (non-hydrogen) atoms. The van der Waals surface area contributed by atoms with Crippen LogP contribution < -0.4 is 4.74 Å². The molecule has 0 saturated heterocycles. The van der Waals surface area contributed by atoms with Crippen LogP contribution in [0.5, 0.6) is 5.75 Å². The van der Waals surface area contributed by atoms with Gasteiger partial charge in [0.05, 0.1) is 12.7 Å². The van der Waals surface area contributed by atoms with Crippen LogP contribution in [-0.4, -0.2) is 11.7 Å². The van der Waals surface area contributed by atoms with Gasteiger partial charge in [0.2, 0.25) is 0 Å². The fraction of sp³-hybridized carbons (Fsp3) is 0.294. The van der Waals surface area contributed by atoms with Crippen molar-refractivity contribution in [1.82, 2.24) is 0 Å². The van der Waals surface area contributed by atoms with Crippen molar-refractivity contribution < 1.29 is 14.2 Å². The van der Waals surface area contributed by atoms with Crippen molar-refractivity contribution in [3.63, 3.8) is 0 Å². The molecule has 1 aliphatic rings. The van der Waals surface area contributed by atoms with Gasteiger partial charge in [-0.1, -0.05) is 34.1 Å². The predicted octanol–water partition coefficient (Wildman–Crippen LogP) is 4.19. The number of ether oxygens (including phenoxy) is 1. The molecule has 0 radical (unpaired) electrons. The van der Waals surface area contributed by atoms with Crippen molar-refractivity contribution in [3.8, 4) is 5.75 Å². The van der Waals surface area contributed by atoms with Gasteiger partial charge in [0, 0.05) is 16.5 Å². The van der Waals surface area contributed by atoms with Crippen molar-refractivity contribution in [1.29, 1.82) is 0 Å². The zero-order valence-corrected chi connectivity index (χ0v) is 13.1. The lowest BCUT2D eigenvalue weighted by Gasteiger charge is -2.12. The summed E-state index contributed by atoms with van der Waals surface area (Å²) in [6.07, 6.45) is 1.36. The summed E-state index contributed by atoms with van der Waals surface area (Å²) in [4.78, 5) is 0. The smallest absolute Gasteiger partial charge is 0.130 e. The summed E-state index contributed by atoms with van der Waals surface area (Å²) in [6, 6.07) is 10.9. The summed E-state index contributed by atoms with van der Waals surface area (Å²) in [5, 5.41) is 10.2. The van der Waals surface area contributed by atoms with Crippen LogP contribution in [0.2, 0.25) is 0 Å². The second-order valence-corrected chi connectivity index (χ2v) is 6.18. The normalized spacial score (nSPS) is 14.6. The Morgan fingerprint density at radius 3 is 2.90 bits per heavy atom. The third kappa shape index (κ3) is 3.27. The molecule has 0 amide bonds. The van der Waals surface area contributed by atoms with Crippen LogP contribution in [0.4, 0.5) is 4.39 Å². The maximum absolute atomic E-state index is 13.8. The number of hydrogen-bond donors (Lipinski definition) is 1. The SMILES string of the molecule is OC(CCc1ccc2c(c1)CCO2)c1ccc(Br)cc1F. The van der Waals surface area contributed by atoms with Crippen LogP contribution in [0.3, 0.4) is 0 Å². The van der Waals surface area contributed by atoms with E-state index in [4.69, 9.17) is 4.74 Å². The average Bonchev–Trinajstić information content (AvgIpc) is 2.92. The van der Waals surface area contributed by atoms with Crippen LogP contribution in [0, 0.1) is 5.82 Å². The third-order valence-corrected chi connectivity index (χ3v) is 4.28. The molecule has 1 unspecified atom stereocenters. The number of benzene rings is 2. The molecular weight excluding hydrogens is 335 g/mol. The molecule has 0 bridgehead atoms. The van der Waals surface area contributed by atoms with E-state index in [-0.39, 0.29) is 5.82 Å². The zero-order valence-electron chi connectivity index (χ0n) is 11.5. The Labute approximate surface area is 131 Å². The quantitative estimate of drug-likeness (QED) is 0.895. The van der Waals surface area contributed by atoms with Gasteiger partial charge in [-0.3, -0.25) is 0 Å². The first kappa shape index (κ1) is 14.5. The first-order chi connectivity index (χ1) is 10.1. The van der Waals surface area contributed by atoms with Gasteiger partial charge in [-0.05, 0) is 42.2 Å². The number of aliphatic hydroxyl groups excluding tert-OH is 1. The molecule has 1 atom stereocenters. The molecular formula is C17H16BrFO2. The molecule has 1 heterocycles. The second-order valence-electron chi connectivity index (χ2n) is 5.26. The first-order valence-corrected chi connectivity index (χ1v) is 7.80. The number of aliphatic hydroxyl groups is 1. The van der Waals surface area contributed by atoms with Crippen molar-refractivity contribution in [2.75, 3.05) is 6.61 Å². The van der Waals surface area contributed by atoms with Gasteiger partial charge >= 0.3 is 0 Å². The van der Waals surface area contributed by atoms with Gasteiger partial charge in [-0.15, -0.1) is 0 Å². The molecule has 0 aliphatic carbocycles. The van der Waals surface area contributed by atoms with Crippen LogP contribution in [0.15, 0.2) is 40.9 Å². The predicted molar refractivity (Wildman–Crippen MR) is 83.0 cm³/mol. The molecule has 4 heteroatoms. The summed E-state index contributed by atoms with van der Waals surface area (Å²) < 4.78 is 19.9. The Kier molecular flexibility index (Phi) is 4.27. The van der Waals surface area contributed by atoms with E-state index in [1.165, 1.54) is 11.6 Å². The fourth-order valence-corrected chi connectivity index (χ4v) is 2.96. The number of halogens is 2. The highest BCUT2D eigenvalue weighted by molar-refractivity contribution is 9.10. The molecule has 0 saturated carbocycles. The Morgan fingerprint density at radius 2 is 2.10 bits per heavy atom. The minimum Gasteiger partial charge on any atom is -0.493 e. The van der Waals surface area contributed by atoms with Gasteiger partial charge < -0.3 is 9.84 Å². The van der Waals surface area contributed by atoms with Crippen molar-refractivity contribution in [2.45, 2.75) is 25.4 Å².